The van der Waals surface area contributed by atoms with Gasteiger partial charge >= 0.3 is 5.97 Å². The molecule has 3 rings (SSSR count). The van der Waals surface area contributed by atoms with Crippen molar-refractivity contribution in [2.75, 3.05) is 13.7 Å². The van der Waals surface area contributed by atoms with E-state index in [1.165, 1.54) is 18.2 Å². The lowest BCUT2D eigenvalue weighted by Crippen LogP contribution is -2.53. The number of methoxy groups -OCH3 is 1. The number of ether oxygens (including phenoxy) is 1. The highest BCUT2D eigenvalue weighted by Gasteiger charge is 2.47. The van der Waals surface area contributed by atoms with Crippen LogP contribution >= 0.6 is 0 Å². The summed E-state index contributed by atoms with van der Waals surface area (Å²) in [6.07, 6.45) is 0. The minimum atomic E-state index is -0.186. The number of carbonyl (C=O) groups excluding carboxylic acids is 1. The molecule has 0 bridgehead atoms. The molecule has 1 aliphatic heterocycles. The van der Waals surface area contributed by atoms with Gasteiger partial charge in [-0.25, -0.2) is 0 Å². The summed E-state index contributed by atoms with van der Waals surface area (Å²) < 4.78 is 4.88. The van der Waals surface area contributed by atoms with Crippen molar-refractivity contribution >= 4 is 5.97 Å². The van der Waals surface area contributed by atoms with Crippen LogP contribution in [0.3, 0.4) is 0 Å². The highest BCUT2D eigenvalue weighted by Crippen LogP contribution is 2.52. The van der Waals surface area contributed by atoms with Gasteiger partial charge < -0.3 is 4.74 Å². The predicted octanol–water partition coefficient (Wildman–Crippen LogP) is 3.59. The second-order valence-corrected chi connectivity index (χ2v) is 5.82. The molecule has 0 amide bonds. The average Bonchev–Trinajstić information content (AvgIpc) is 2.56. The molecule has 1 aliphatic rings. The number of rotatable bonds is 4. The van der Waals surface area contributed by atoms with Crippen LogP contribution in [0.2, 0.25) is 0 Å². The molecular formula is C19H21NO2. The molecule has 1 heterocycles. The second-order valence-electron chi connectivity index (χ2n) is 5.82. The van der Waals surface area contributed by atoms with Crippen LogP contribution in [0.1, 0.15) is 30.1 Å². The van der Waals surface area contributed by atoms with Crippen LogP contribution in [-0.2, 0) is 9.53 Å². The monoisotopic (exact) mass is 295 g/mol. The van der Waals surface area contributed by atoms with Gasteiger partial charge in [-0.2, -0.15) is 0 Å². The fourth-order valence-electron chi connectivity index (χ4n) is 3.55. The number of carbonyl (C=O) groups is 1. The van der Waals surface area contributed by atoms with Gasteiger partial charge in [0.1, 0.15) is 0 Å². The van der Waals surface area contributed by atoms with Gasteiger partial charge in [0.25, 0.3) is 0 Å². The number of esters is 1. The normalized spacial score (nSPS) is 22.1. The van der Waals surface area contributed by atoms with Crippen LogP contribution in [0.4, 0.5) is 0 Å². The maximum atomic E-state index is 11.8. The first kappa shape index (κ1) is 14.8. The summed E-state index contributed by atoms with van der Waals surface area (Å²) in [5, 5.41) is 0. The van der Waals surface area contributed by atoms with Gasteiger partial charge in [-0.05, 0) is 17.0 Å². The summed E-state index contributed by atoms with van der Waals surface area (Å²) in [7, 11) is 1.45. The molecule has 0 saturated carbocycles. The lowest BCUT2D eigenvalue weighted by atomic mass is 9.74. The van der Waals surface area contributed by atoms with Crippen LogP contribution in [-0.4, -0.2) is 24.5 Å². The number of nitrogens with zero attached hydrogens (tertiary/aromatic N) is 1. The maximum absolute atomic E-state index is 11.8. The standard InChI is InChI=1S/C19H21NO2/c1-14-18(15-9-5-3-6-10-15)20(13-17(21)22-2)19(14)16-11-7-4-8-12-16/h3-12,14,18-19H,13H2,1-2H3/t18-,19-/m1/s1. The van der Waals surface area contributed by atoms with Gasteiger partial charge in [-0.15, -0.1) is 0 Å². The van der Waals surface area contributed by atoms with Crippen molar-refractivity contribution in [2.24, 2.45) is 5.92 Å². The third-order valence-electron chi connectivity index (χ3n) is 4.53. The molecule has 1 fully saturated rings. The summed E-state index contributed by atoms with van der Waals surface area (Å²) in [5.74, 6) is 0.267. The summed E-state index contributed by atoms with van der Waals surface area (Å²) in [5.41, 5.74) is 2.51. The van der Waals surface area contributed by atoms with Crippen molar-refractivity contribution < 1.29 is 9.53 Å². The van der Waals surface area contributed by atoms with Gasteiger partial charge in [0.15, 0.2) is 0 Å². The van der Waals surface area contributed by atoms with E-state index in [1.54, 1.807) is 0 Å². The Balaban J connectivity index is 1.90. The lowest BCUT2D eigenvalue weighted by molar-refractivity contribution is -0.150. The molecular weight excluding hydrogens is 274 g/mol. The summed E-state index contributed by atoms with van der Waals surface area (Å²) in [4.78, 5) is 14.0. The predicted molar refractivity (Wildman–Crippen MR) is 86.3 cm³/mol. The minimum absolute atomic E-state index is 0.186. The van der Waals surface area contributed by atoms with Crippen LogP contribution < -0.4 is 0 Å². The van der Waals surface area contributed by atoms with E-state index in [-0.39, 0.29) is 18.1 Å². The molecule has 0 aliphatic carbocycles. The van der Waals surface area contributed by atoms with Crippen molar-refractivity contribution in [3.63, 3.8) is 0 Å². The molecule has 3 heteroatoms. The zero-order chi connectivity index (χ0) is 15.5. The van der Waals surface area contributed by atoms with E-state index in [2.05, 4.69) is 36.1 Å². The molecule has 2 aromatic rings. The molecule has 0 aromatic heterocycles. The molecule has 0 unspecified atom stereocenters. The summed E-state index contributed by atoms with van der Waals surface area (Å²) in [6.45, 7) is 2.57. The first-order valence-corrected chi connectivity index (χ1v) is 7.65. The van der Waals surface area contributed by atoms with E-state index in [9.17, 15) is 4.79 Å². The highest BCUT2D eigenvalue weighted by molar-refractivity contribution is 5.71. The third kappa shape index (κ3) is 2.64. The number of likely N-dealkylation sites (tertiary alicyclic amines) is 1. The van der Waals surface area contributed by atoms with Crippen LogP contribution in [0.5, 0.6) is 0 Å². The molecule has 0 radical (unpaired) electrons. The lowest BCUT2D eigenvalue weighted by Gasteiger charge is -2.54. The Hall–Kier alpha value is -2.13. The van der Waals surface area contributed by atoms with E-state index in [1.807, 2.05) is 36.4 Å². The van der Waals surface area contributed by atoms with Crippen molar-refractivity contribution in [2.45, 2.75) is 19.0 Å². The molecule has 3 nitrogen and oxygen atoms in total. The van der Waals surface area contributed by atoms with E-state index in [4.69, 9.17) is 4.74 Å². The Labute approximate surface area is 131 Å². The summed E-state index contributed by atoms with van der Waals surface area (Å²) >= 11 is 0. The van der Waals surface area contributed by atoms with E-state index in [0.29, 0.717) is 12.5 Å². The SMILES string of the molecule is COC(=O)CN1[C@@H](c2ccccc2)C(C)[C@@H]1c1ccccc1. The molecule has 0 N–H and O–H groups in total. The Kier molecular flexibility index (Phi) is 4.25. The highest BCUT2D eigenvalue weighted by atomic mass is 16.5. The fraction of sp³-hybridized carbons (Fsp3) is 0.316. The molecule has 0 spiro atoms. The molecule has 114 valence electrons. The van der Waals surface area contributed by atoms with Crippen molar-refractivity contribution in [1.29, 1.82) is 0 Å². The Morgan fingerprint density at radius 3 is 1.82 bits per heavy atom. The van der Waals surface area contributed by atoms with Crippen LogP contribution in [0.25, 0.3) is 0 Å². The van der Waals surface area contributed by atoms with Crippen LogP contribution in [0, 0.1) is 5.92 Å². The third-order valence-corrected chi connectivity index (χ3v) is 4.53. The Morgan fingerprint density at radius 1 is 0.955 bits per heavy atom. The number of benzene rings is 2. The number of hydrogen-bond donors (Lipinski definition) is 0. The van der Waals surface area contributed by atoms with E-state index < -0.39 is 0 Å². The Morgan fingerprint density at radius 2 is 1.41 bits per heavy atom. The Bertz CT molecular complexity index is 579. The minimum Gasteiger partial charge on any atom is -0.468 e. The average molecular weight is 295 g/mol. The molecule has 22 heavy (non-hydrogen) atoms. The molecule has 2 aromatic carbocycles. The van der Waals surface area contributed by atoms with E-state index >= 15 is 0 Å². The van der Waals surface area contributed by atoms with Gasteiger partial charge in [-0.1, -0.05) is 67.6 Å². The zero-order valence-corrected chi connectivity index (χ0v) is 13.0. The van der Waals surface area contributed by atoms with Crippen LogP contribution in [0.15, 0.2) is 60.7 Å². The van der Waals surface area contributed by atoms with E-state index in [0.717, 1.165) is 0 Å². The smallest absolute Gasteiger partial charge is 0.319 e. The van der Waals surface area contributed by atoms with Gasteiger partial charge in [0.05, 0.1) is 13.7 Å². The zero-order valence-electron chi connectivity index (χ0n) is 13.0. The van der Waals surface area contributed by atoms with Crippen molar-refractivity contribution in [3.8, 4) is 0 Å². The summed E-state index contributed by atoms with van der Waals surface area (Å²) in [6, 6.07) is 21.3. The second kappa shape index (κ2) is 6.32. The van der Waals surface area contributed by atoms with Gasteiger partial charge in [-0.3, -0.25) is 9.69 Å². The first-order chi connectivity index (χ1) is 10.7. The fourth-order valence-corrected chi connectivity index (χ4v) is 3.55. The number of hydrogen-bond acceptors (Lipinski definition) is 3. The molecule has 2 atom stereocenters. The van der Waals surface area contributed by atoms with Crippen molar-refractivity contribution in [3.05, 3.63) is 71.8 Å². The van der Waals surface area contributed by atoms with Crippen molar-refractivity contribution in [1.82, 2.24) is 4.90 Å². The molecule has 1 saturated heterocycles. The maximum Gasteiger partial charge on any atom is 0.319 e. The van der Waals surface area contributed by atoms with Gasteiger partial charge in [0, 0.05) is 12.1 Å². The first-order valence-electron chi connectivity index (χ1n) is 7.65. The van der Waals surface area contributed by atoms with Gasteiger partial charge in [0.2, 0.25) is 0 Å². The topological polar surface area (TPSA) is 29.5 Å². The largest absolute Gasteiger partial charge is 0.468 e. The quantitative estimate of drug-likeness (QED) is 0.807.